The molecule has 2 amide bonds. The molecule has 1 unspecified atom stereocenters. The van der Waals surface area contributed by atoms with Gasteiger partial charge in [-0.1, -0.05) is 6.08 Å². The van der Waals surface area contributed by atoms with Crippen LogP contribution in [0.25, 0.3) is 0 Å². The van der Waals surface area contributed by atoms with Gasteiger partial charge in [0.25, 0.3) is 0 Å². The molecule has 0 saturated carbocycles. The average molecular weight is 375 g/mol. The fourth-order valence-corrected chi connectivity index (χ4v) is 2.79. The SMILES string of the molecule is CC(=O)N(O)CC1CN(c2ccc(N3C=CC(=O)C=CC3)c(F)c2)C(=O)O1. The minimum atomic E-state index is -0.723. The van der Waals surface area contributed by atoms with Crippen LogP contribution in [0.2, 0.25) is 0 Å². The molecule has 1 fully saturated rings. The van der Waals surface area contributed by atoms with Crippen molar-refractivity contribution in [2.24, 2.45) is 0 Å². The number of nitrogens with zero attached hydrogens (tertiary/aromatic N) is 3. The number of ketones is 1. The van der Waals surface area contributed by atoms with Gasteiger partial charge in [-0.15, -0.1) is 0 Å². The zero-order valence-electron chi connectivity index (χ0n) is 14.5. The van der Waals surface area contributed by atoms with Gasteiger partial charge >= 0.3 is 6.09 Å². The number of ether oxygens (including phenoxy) is 1. The Balaban J connectivity index is 1.75. The van der Waals surface area contributed by atoms with Gasteiger partial charge in [-0.05, 0) is 24.3 Å². The topological polar surface area (TPSA) is 90.4 Å². The molecular weight excluding hydrogens is 357 g/mol. The number of allylic oxidation sites excluding steroid dienone is 2. The smallest absolute Gasteiger partial charge is 0.414 e. The van der Waals surface area contributed by atoms with Crippen LogP contribution in [0.3, 0.4) is 0 Å². The van der Waals surface area contributed by atoms with Crippen LogP contribution in [0.4, 0.5) is 20.6 Å². The van der Waals surface area contributed by atoms with E-state index >= 15 is 0 Å². The monoisotopic (exact) mass is 375 g/mol. The number of anilines is 2. The molecule has 142 valence electrons. The number of cyclic esters (lactones) is 1. The van der Waals surface area contributed by atoms with E-state index in [1.54, 1.807) is 17.0 Å². The first-order chi connectivity index (χ1) is 12.8. The van der Waals surface area contributed by atoms with Crippen LogP contribution in [0.1, 0.15) is 6.92 Å². The second kappa shape index (κ2) is 7.58. The molecule has 9 heteroatoms. The summed E-state index contributed by atoms with van der Waals surface area (Å²) >= 11 is 0. The zero-order valence-corrected chi connectivity index (χ0v) is 14.5. The Bertz CT molecular complexity index is 838. The molecule has 1 aromatic rings. The van der Waals surface area contributed by atoms with Gasteiger partial charge in [-0.2, -0.15) is 0 Å². The van der Waals surface area contributed by atoms with Crippen molar-refractivity contribution >= 4 is 29.2 Å². The highest BCUT2D eigenvalue weighted by atomic mass is 19.1. The minimum Gasteiger partial charge on any atom is -0.442 e. The minimum absolute atomic E-state index is 0.0722. The van der Waals surface area contributed by atoms with Crippen LogP contribution >= 0.6 is 0 Å². The summed E-state index contributed by atoms with van der Waals surface area (Å²) in [5, 5.41) is 9.93. The lowest BCUT2D eigenvalue weighted by Crippen LogP contribution is -2.35. The van der Waals surface area contributed by atoms with Gasteiger partial charge in [0.1, 0.15) is 11.9 Å². The van der Waals surface area contributed by atoms with E-state index in [2.05, 4.69) is 0 Å². The molecule has 0 bridgehead atoms. The number of hydrogen-bond donors (Lipinski definition) is 1. The van der Waals surface area contributed by atoms with E-state index < -0.39 is 23.9 Å². The van der Waals surface area contributed by atoms with E-state index in [-0.39, 0.29) is 24.6 Å². The van der Waals surface area contributed by atoms with Crippen LogP contribution in [0.15, 0.2) is 42.6 Å². The first kappa shape index (κ1) is 18.6. The Morgan fingerprint density at radius 3 is 2.85 bits per heavy atom. The fourth-order valence-electron chi connectivity index (χ4n) is 2.79. The van der Waals surface area contributed by atoms with Crippen molar-refractivity contribution in [2.45, 2.75) is 13.0 Å². The standard InChI is InChI=1S/C18H18FN3O5/c1-12(23)22(26)11-15-10-21(18(25)27-15)13-4-5-17(16(19)9-13)20-7-2-3-14(24)6-8-20/h2-6,8-9,15,26H,7,10-11H2,1H3. The first-order valence-corrected chi connectivity index (χ1v) is 8.25. The average Bonchev–Trinajstić information content (AvgIpc) is 2.83. The third-order valence-corrected chi connectivity index (χ3v) is 4.17. The molecule has 2 aliphatic rings. The maximum Gasteiger partial charge on any atom is 0.414 e. The van der Waals surface area contributed by atoms with Gasteiger partial charge in [0, 0.05) is 25.7 Å². The molecule has 0 aromatic heterocycles. The van der Waals surface area contributed by atoms with Gasteiger partial charge in [0.05, 0.1) is 24.5 Å². The van der Waals surface area contributed by atoms with Crippen molar-refractivity contribution in [1.29, 1.82) is 0 Å². The lowest BCUT2D eigenvalue weighted by atomic mass is 10.2. The van der Waals surface area contributed by atoms with Crippen molar-refractivity contribution < 1.29 is 28.7 Å². The molecule has 0 aliphatic carbocycles. The Labute approximate surface area is 154 Å². The van der Waals surface area contributed by atoms with Crippen LogP contribution in [0.5, 0.6) is 0 Å². The molecule has 27 heavy (non-hydrogen) atoms. The molecule has 2 aliphatic heterocycles. The van der Waals surface area contributed by atoms with Crippen molar-refractivity contribution in [3.63, 3.8) is 0 Å². The zero-order chi connectivity index (χ0) is 19.6. The fraction of sp³-hybridized carbons (Fsp3) is 0.278. The van der Waals surface area contributed by atoms with Crippen molar-refractivity contribution in [1.82, 2.24) is 5.06 Å². The Morgan fingerprint density at radius 1 is 1.37 bits per heavy atom. The van der Waals surface area contributed by atoms with E-state index in [1.807, 2.05) is 0 Å². The number of carbonyl (C=O) groups is 3. The highest BCUT2D eigenvalue weighted by molar-refractivity contribution is 6.00. The van der Waals surface area contributed by atoms with Crippen molar-refractivity contribution in [2.75, 3.05) is 29.4 Å². The highest BCUT2D eigenvalue weighted by Crippen LogP contribution is 2.28. The largest absolute Gasteiger partial charge is 0.442 e. The van der Waals surface area contributed by atoms with E-state index in [0.29, 0.717) is 17.3 Å². The summed E-state index contributed by atoms with van der Waals surface area (Å²) < 4.78 is 19.7. The second-order valence-corrected chi connectivity index (χ2v) is 6.13. The highest BCUT2D eigenvalue weighted by Gasteiger charge is 2.34. The molecule has 1 atom stereocenters. The third-order valence-electron chi connectivity index (χ3n) is 4.17. The number of halogens is 1. The Hall–Kier alpha value is -3.20. The van der Waals surface area contributed by atoms with Crippen LogP contribution in [-0.4, -0.2) is 53.8 Å². The molecule has 2 heterocycles. The van der Waals surface area contributed by atoms with Gasteiger partial charge in [0.2, 0.25) is 5.91 Å². The van der Waals surface area contributed by atoms with E-state index in [1.165, 1.54) is 42.3 Å². The molecule has 8 nitrogen and oxygen atoms in total. The Morgan fingerprint density at radius 2 is 2.15 bits per heavy atom. The van der Waals surface area contributed by atoms with E-state index in [9.17, 15) is 24.0 Å². The first-order valence-electron chi connectivity index (χ1n) is 8.25. The molecule has 0 spiro atoms. The van der Waals surface area contributed by atoms with Crippen LogP contribution in [-0.2, 0) is 14.3 Å². The predicted molar refractivity (Wildman–Crippen MR) is 93.8 cm³/mol. The molecule has 1 aromatic carbocycles. The summed E-state index contributed by atoms with van der Waals surface area (Å²) in [6.07, 6.45) is 4.47. The quantitative estimate of drug-likeness (QED) is 0.638. The van der Waals surface area contributed by atoms with Gasteiger partial charge in [-0.3, -0.25) is 19.7 Å². The summed E-state index contributed by atoms with van der Waals surface area (Å²) in [6, 6.07) is 4.27. The lowest BCUT2D eigenvalue weighted by molar-refractivity contribution is -0.166. The summed E-state index contributed by atoms with van der Waals surface area (Å²) in [5.41, 5.74) is 0.554. The molecule has 1 saturated heterocycles. The second-order valence-electron chi connectivity index (χ2n) is 6.13. The lowest BCUT2D eigenvalue weighted by Gasteiger charge is -2.20. The number of benzene rings is 1. The third kappa shape index (κ3) is 4.14. The number of hydrogen-bond acceptors (Lipinski definition) is 6. The van der Waals surface area contributed by atoms with Crippen molar-refractivity contribution in [3.05, 3.63) is 48.4 Å². The number of hydroxylamine groups is 2. The maximum absolute atomic E-state index is 14.6. The number of rotatable bonds is 4. The maximum atomic E-state index is 14.6. The molecular formula is C18H18FN3O5. The summed E-state index contributed by atoms with van der Waals surface area (Å²) in [4.78, 5) is 37.3. The summed E-state index contributed by atoms with van der Waals surface area (Å²) in [7, 11) is 0. The Kier molecular flexibility index (Phi) is 5.22. The normalized spacial score (nSPS) is 19.3. The van der Waals surface area contributed by atoms with E-state index in [4.69, 9.17) is 4.74 Å². The van der Waals surface area contributed by atoms with Gasteiger partial charge in [-0.25, -0.2) is 14.2 Å². The van der Waals surface area contributed by atoms with Gasteiger partial charge in [0.15, 0.2) is 5.78 Å². The number of carbonyl (C=O) groups excluding carboxylic acids is 3. The predicted octanol–water partition coefficient (Wildman–Crippen LogP) is 1.85. The molecule has 3 rings (SSSR count). The van der Waals surface area contributed by atoms with Crippen molar-refractivity contribution in [3.8, 4) is 0 Å². The molecule has 0 radical (unpaired) electrons. The number of amides is 2. The van der Waals surface area contributed by atoms with Crippen LogP contribution < -0.4 is 9.80 Å². The summed E-state index contributed by atoms with van der Waals surface area (Å²) in [5.74, 6) is -1.31. The van der Waals surface area contributed by atoms with Gasteiger partial charge < -0.3 is 9.64 Å². The van der Waals surface area contributed by atoms with Crippen LogP contribution in [0, 0.1) is 5.82 Å². The molecule has 1 N–H and O–H groups in total. The van der Waals surface area contributed by atoms with E-state index in [0.717, 1.165) is 0 Å². The summed E-state index contributed by atoms with van der Waals surface area (Å²) in [6.45, 7) is 1.42.